The van der Waals surface area contributed by atoms with E-state index in [0.717, 1.165) is 17.7 Å². The van der Waals surface area contributed by atoms with Crippen molar-refractivity contribution in [2.75, 3.05) is 13.1 Å². The summed E-state index contributed by atoms with van der Waals surface area (Å²) >= 11 is 0. The molecule has 0 saturated carbocycles. The molecule has 2 atom stereocenters. The molecule has 1 saturated heterocycles. The van der Waals surface area contributed by atoms with E-state index >= 15 is 0 Å². The molecule has 1 aliphatic heterocycles. The number of piperidine rings is 1. The van der Waals surface area contributed by atoms with Crippen LogP contribution in [0.15, 0.2) is 71.9 Å². The maximum absolute atomic E-state index is 13.2. The van der Waals surface area contributed by atoms with E-state index in [0.29, 0.717) is 25.2 Å². The Labute approximate surface area is 186 Å². The monoisotopic (exact) mass is 456 g/mol. The molecule has 0 unspecified atom stereocenters. The average Bonchev–Trinajstić information content (AvgIpc) is 3.23. The van der Waals surface area contributed by atoms with E-state index in [4.69, 9.17) is 0 Å². The van der Waals surface area contributed by atoms with Gasteiger partial charge in [-0.1, -0.05) is 30.3 Å². The molecule has 4 rings (SSSR count). The highest BCUT2D eigenvalue weighted by atomic mass is 32.2. The van der Waals surface area contributed by atoms with Gasteiger partial charge in [0.1, 0.15) is 17.7 Å². The van der Waals surface area contributed by atoms with Crippen molar-refractivity contribution >= 4 is 15.9 Å². The minimum Gasteiger partial charge on any atom is -0.342 e. The van der Waals surface area contributed by atoms with Gasteiger partial charge in [-0.3, -0.25) is 4.79 Å². The fraction of sp³-hybridized carbons (Fsp3) is 0.304. The maximum Gasteiger partial charge on any atom is 0.243 e. The van der Waals surface area contributed by atoms with Crippen molar-refractivity contribution in [3.63, 3.8) is 0 Å². The van der Waals surface area contributed by atoms with Crippen molar-refractivity contribution in [1.29, 1.82) is 0 Å². The van der Waals surface area contributed by atoms with E-state index in [-0.39, 0.29) is 17.3 Å². The number of sulfonamides is 1. The number of imidazole rings is 1. The van der Waals surface area contributed by atoms with Crippen LogP contribution in [-0.4, -0.2) is 41.3 Å². The molecule has 2 aromatic carbocycles. The van der Waals surface area contributed by atoms with E-state index in [1.807, 2.05) is 48.1 Å². The number of halogens is 1. The van der Waals surface area contributed by atoms with E-state index in [1.165, 1.54) is 16.4 Å². The van der Waals surface area contributed by atoms with Gasteiger partial charge in [0.15, 0.2) is 0 Å². The van der Waals surface area contributed by atoms with Crippen molar-refractivity contribution in [2.24, 2.45) is 13.0 Å². The van der Waals surface area contributed by atoms with Crippen LogP contribution in [0.25, 0.3) is 0 Å². The highest BCUT2D eigenvalue weighted by Crippen LogP contribution is 2.26. The Morgan fingerprint density at radius 3 is 2.53 bits per heavy atom. The summed E-state index contributed by atoms with van der Waals surface area (Å²) in [6, 6.07) is 13.8. The number of carbonyl (C=O) groups is 1. The minimum absolute atomic E-state index is 0.0233. The summed E-state index contributed by atoms with van der Waals surface area (Å²) in [5, 5.41) is 3.07. The topological polar surface area (TPSA) is 84.3 Å². The van der Waals surface area contributed by atoms with E-state index in [2.05, 4.69) is 10.3 Å². The zero-order valence-corrected chi connectivity index (χ0v) is 18.5. The Morgan fingerprint density at radius 1 is 1.16 bits per heavy atom. The number of aryl methyl sites for hydroxylation is 1. The van der Waals surface area contributed by atoms with Crippen LogP contribution in [0.2, 0.25) is 0 Å². The second-order valence-electron chi connectivity index (χ2n) is 7.90. The van der Waals surface area contributed by atoms with Crippen molar-refractivity contribution in [3.8, 4) is 0 Å². The predicted molar refractivity (Wildman–Crippen MR) is 118 cm³/mol. The first-order valence-electron chi connectivity index (χ1n) is 10.4. The number of nitrogens with one attached hydrogen (secondary N) is 1. The lowest BCUT2D eigenvalue weighted by molar-refractivity contribution is -0.126. The molecule has 1 fully saturated rings. The maximum atomic E-state index is 13.2. The number of hydrogen-bond acceptors (Lipinski definition) is 4. The molecule has 3 aromatic rings. The predicted octanol–water partition coefficient (Wildman–Crippen LogP) is 2.87. The Balaban J connectivity index is 1.53. The number of rotatable bonds is 6. The summed E-state index contributed by atoms with van der Waals surface area (Å²) in [5.74, 6) is -0.524. The van der Waals surface area contributed by atoms with Crippen LogP contribution < -0.4 is 5.32 Å². The number of amides is 1. The van der Waals surface area contributed by atoms with E-state index in [1.54, 1.807) is 6.20 Å². The zero-order chi connectivity index (χ0) is 22.7. The lowest BCUT2D eigenvalue weighted by atomic mass is 9.97. The molecule has 0 bridgehead atoms. The van der Waals surface area contributed by atoms with E-state index < -0.39 is 27.8 Å². The number of carbonyl (C=O) groups excluding carboxylic acids is 1. The summed E-state index contributed by atoms with van der Waals surface area (Å²) in [4.78, 5) is 17.6. The quantitative estimate of drug-likeness (QED) is 0.618. The highest BCUT2D eigenvalue weighted by Gasteiger charge is 2.34. The van der Waals surface area contributed by atoms with Crippen LogP contribution in [-0.2, 0) is 21.9 Å². The van der Waals surface area contributed by atoms with Gasteiger partial charge in [-0.05, 0) is 42.7 Å². The van der Waals surface area contributed by atoms with Gasteiger partial charge in [0.25, 0.3) is 0 Å². The summed E-state index contributed by atoms with van der Waals surface area (Å²) in [6.07, 6.45) is 4.64. The molecule has 1 aliphatic rings. The molecule has 7 nitrogen and oxygen atoms in total. The third-order valence-electron chi connectivity index (χ3n) is 5.74. The second kappa shape index (κ2) is 9.22. The highest BCUT2D eigenvalue weighted by molar-refractivity contribution is 7.89. The SMILES string of the molecule is Cn1ccnc1[C@H](NC(=O)[C@@H]1CCCN(S(=O)(=O)c2ccc(F)cc2)C1)c1ccccc1. The molecule has 32 heavy (non-hydrogen) atoms. The van der Waals surface area contributed by atoms with Crippen molar-refractivity contribution < 1.29 is 17.6 Å². The van der Waals surface area contributed by atoms with Gasteiger partial charge >= 0.3 is 0 Å². The van der Waals surface area contributed by atoms with Gasteiger partial charge < -0.3 is 9.88 Å². The lowest BCUT2D eigenvalue weighted by Gasteiger charge is -2.32. The third-order valence-corrected chi connectivity index (χ3v) is 7.62. The normalized spacial score (nSPS) is 18.2. The lowest BCUT2D eigenvalue weighted by Crippen LogP contribution is -2.46. The number of aromatic nitrogens is 2. The van der Waals surface area contributed by atoms with Crippen LogP contribution in [0.1, 0.15) is 30.3 Å². The molecule has 168 valence electrons. The van der Waals surface area contributed by atoms with Crippen LogP contribution in [0.5, 0.6) is 0 Å². The molecule has 2 heterocycles. The van der Waals surface area contributed by atoms with Gasteiger partial charge in [0.2, 0.25) is 15.9 Å². The number of hydrogen-bond donors (Lipinski definition) is 1. The van der Waals surface area contributed by atoms with Gasteiger partial charge in [0.05, 0.1) is 10.8 Å². The Morgan fingerprint density at radius 2 is 1.88 bits per heavy atom. The first-order chi connectivity index (χ1) is 15.4. The molecule has 0 aliphatic carbocycles. The third kappa shape index (κ3) is 4.58. The first-order valence-corrected chi connectivity index (χ1v) is 11.9. The fourth-order valence-corrected chi connectivity index (χ4v) is 5.51. The van der Waals surface area contributed by atoms with Gasteiger partial charge in [-0.25, -0.2) is 17.8 Å². The van der Waals surface area contributed by atoms with E-state index in [9.17, 15) is 17.6 Å². The number of benzene rings is 2. The van der Waals surface area contributed by atoms with Crippen molar-refractivity contribution in [3.05, 3.63) is 84.2 Å². The van der Waals surface area contributed by atoms with Crippen molar-refractivity contribution in [2.45, 2.75) is 23.8 Å². The largest absolute Gasteiger partial charge is 0.342 e. The molecule has 0 spiro atoms. The zero-order valence-electron chi connectivity index (χ0n) is 17.7. The van der Waals surface area contributed by atoms with Gasteiger partial charge in [0, 0.05) is 32.5 Å². The molecule has 1 aromatic heterocycles. The standard InChI is InChI=1S/C23H25FN4O3S/c1-27-15-13-25-22(27)21(17-6-3-2-4-7-17)26-23(29)18-8-5-14-28(16-18)32(30,31)20-11-9-19(24)10-12-20/h2-4,6-7,9-13,15,18,21H,5,8,14,16H2,1H3,(H,26,29)/t18-,21-/m1/s1. The molecule has 1 N–H and O–H groups in total. The Bertz CT molecular complexity index is 1180. The molecule has 0 radical (unpaired) electrons. The van der Waals surface area contributed by atoms with Crippen LogP contribution >= 0.6 is 0 Å². The van der Waals surface area contributed by atoms with Crippen LogP contribution in [0.4, 0.5) is 4.39 Å². The second-order valence-corrected chi connectivity index (χ2v) is 9.84. The summed E-state index contributed by atoms with van der Waals surface area (Å²) in [6.45, 7) is 0.401. The van der Waals surface area contributed by atoms with Gasteiger partial charge in [-0.15, -0.1) is 0 Å². The van der Waals surface area contributed by atoms with Crippen LogP contribution in [0, 0.1) is 11.7 Å². The van der Waals surface area contributed by atoms with Crippen molar-refractivity contribution in [1.82, 2.24) is 19.2 Å². The first kappa shape index (κ1) is 22.2. The summed E-state index contributed by atoms with van der Waals surface area (Å²) < 4.78 is 42.4. The van der Waals surface area contributed by atoms with Gasteiger partial charge in [-0.2, -0.15) is 4.31 Å². The molecule has 1 amide bonds. The Hall–Kier alpha value is -3.04. The minimum atomic E-state index is -3.81. The van der Waals surface area contributed by atoms with Crippen LogP contribution in [0.3, 0.4) is 0 Å². The number of nitrogens with zero attached hydrogens (tertiary/aromatic N) is 3. The molecule has 9 heteroatoms. The Kier molecular flexibility index (Phi) is 6.38. The fourth-order valence-electron chi connectivity index (χ4n) is 3.99. The smallest absolute Gasteiger partial charge is 0.243 e. The summed E-state index contributed by atoms with van der Waals surface area (Å²) in [7, 11) is -1.94. The average molecular weight is 457 g/mol. The summed E-state index contributed by atoms with van der Waals surface area (Å²) in [5.41, 5.74) is 0.891. The molecular formula is C23H25FN4O3S. The molecular weight excluding hydrogens is 431 g/mol.